The monoisotopic (exact) mass is 453 g/mol. The van der Waals surface area contributed by atoms with Gasteiger partial charge < -0.3 is 20.7 Å². The van der Waals surface area contributed by atoms with E-state index in [0.717, 1.165) is 30.4 Å². The number of nitrogens with two attached hydrogens (primary N) is 1. The second-order valence-corrected chi connectivity index (χ2v) is 8.54. The summed E-state index contributed by atoms with van der Waals surface area (Å²) in [5, 5.41) is 2.87. The number of carbonyl (C=O) groups is 2. The van der Waals surface area contributed by atoms with E-state index >= 15 is 0 Å². The highest BCUT2D eigenvalue weighted by Gasteiger charge is 2.17. The number of rotatable bonds is 13. The molecular formula is C27H39N3O3. The summed E-state index contributed by atoms with van der Waals surface area (Å²) in [6.45, 7) is 10.7. The Labute approximate surface area is 198 Å². The average molecular weight is 454 g/mol. The Bertz CT molecular complexity index is 907. The molecule has 0 saturated heterocycles. The molecule has 2 aromatic rings. The standard InChI is InChI=1S/C27H39N3O3/c1-5-11-30(12-6-2)27(32)24-14-20(4)13-23(16-24)26(31)29-17-25(28)19-33-18-22-10-8-9-21(7-3)15-22/h8-10,13-16,25H,5-7,11-12,17-19,28H2,1-4H3,(H,29,31). The molecule has 0 spiro atoms. The molecule has 0 aliphatic carbocycles. The Hall–Kier alpha value is -2.70. The van der Waals surface area contributed by atoms with E-state index in [1.807, 2.05) is 30.0 Å². The van der Waals surface area contributed by atoms with Gasteiger partial charge in [0, 0.05) is 36.8 Å². The van der Waals surface area contributed by atoms with E-state index in [-0.39, 0.29) is 17.9 Å². The Morgan fingerprint density at radius 1 is 1.00 bits per heavy atom. The third-order valence-corrected chi connectivity index (χ3v) is 5.39. The molecular weight excluding hydrogens is 414 g/mol. The van der Waals surface area contributed by atoms with E-state index < -0.39 is 0 Å². The number of amides is 2. The van der Waals surface area contributed by atoms with Gasteiger partial charge in [0.2, 0.25) is 0 Å². The van der Waals surface area contributed by atoms with Crippen LogP contribution in [0, 0.1) is 6.92 Å². The molecule has 0 aromatic heterocycles. The van der Waals surface area contributed by atoms with Gasteiger partial charge in [-0.25, -0.2) is 0 Å². The zero-order valence-corrected chi connectivity index (χ0v) is 20.5. The Morgan fingerprint density at radius 2 is 1.67 bits per heavy atom. The van der Waals surface area contributed by atoms with Gasteiger partial charge in [0.1, 0.15) is 0 Å². The first kappa shape index (κ1) is 26.6. The summed E-state index contributed by atoms with van der Waals surface area (Å²) < 4.78 is 5.73. The van der Waals surface area contributed by atoms with E-state index in [1.165, 1.54) is 5.56 Å². The highest BCUT2D eigenvalue weighted by atomic mass is 16.5. The number of aryl methyl sites for hydroxylation is 2. The molecule has 0 aliphatic heterocycles. The fourth-order valence-electron chi connectivity index (χ4n) is 3.73. The molecule has 0 heterocycles. The maximum Gasteiger partial charge on any atom is 0.253 e. The first-order chi connectivity index (χ1) is 15.9. The van der Waals surface area contributed by atoms with Gasteiger partial charge in [-0.15, -0.1) is 0 Å². The van der Waals surface area contributed by atoms with Gasteiger partial charge in [-0.1, -0.05) is 45.0 Å². The summed E-state index contributed by atoms with van der Waals surface area (Å²) in [5.74, 6) is -0.273. The fourth-order valence-corrected chi connectivity index (χ4v) is 3.73. The van der Waals surface area contributed by atoms with Gasteiger partial charge in [-0.2, -0.15) is 0 Å². The van der Waals surface area contributed by atoms with Crippen LogP contribution >= 0.6 is 0 Å². The summed E-state index contributed by atoms with van der Waals surface area (Å²) in [6, 6.07) is 13.3. The SMILES string of the molecule is CCCN(CCC)C(=O)c1cc(C)cc(C(=O)NCC(N)COCc2cccc(CC)c2)c1. The van der Waals surface area contributed by atoms with Crippen molar-refractivity contribution in [3.05, 3.63) is 70.3 Å². The van der Waals surface area contributed by atoms with Gasteiger partial charge >= 0.3 is 0 Å². The molecule has 0 bridgehead atoms. The lowest BCUT2D eigenvalue weighted by Gasteiger charge is -2.22. The van der Waals surface area contributed by atoms with Crippen molar-refractivity contribution in [3.8, 4) is 0 Å². The Balaban J connectivity index is 1.90. The average Bonchev–Trinajstić information content (AvgIpc) is 2.81. The number of hydrogen-bond donors (Lipinski definition) is 2. The molecule has 33 heavy (non-hydrogen) atoms. The zero-order chi connectivity index (χ0) is 24.2. The van der Waals surface area contributed by atoms with Crippen LogP contribution in [0.2, 0.25) is 0 Å². The van der Waals surface area contributed by atoms with Crippen LogP contribution in [0.5, 0.6) is 0 Å². The van der Waals surface area contributed by atoms with Crippen LogP contribution in [-0.4, -0.2) is 49.0 Å². The number of carbonyl (C=O) groups excluding carboxylic acids is 2. The van der Waals surface area contributed by atoms with Gasteiger partial charge in [0.05, 0.1) is 13.2 Å². The van der Waals surface area contributed by atoms with Crippen LogP contribution in [0.15, 0.2) is 42.5 Å². The topological polar surface area (TPSA) is 84.7 Å². The molecule has 2 amide bonds. The summed E-state index contributed by atoms with van der Waals surface area (Å²) in [6.07, 6.45) is 2.78. The van der Waals surface area contributed by atoms with Gasteiger partial charge in [-0.3, -0.25) is 9.59 Å². The zero-order valence-electron chi connectivity index (χ0n) is 20.5. The van der Waals surface area contributed by atoms with Crippen molar-refractivity contribution in [2.75, 3.05) is 26.2 Å². The molecule has 1 unspecified atom stereocenters. The molecule has 6 nitrogen and oxygen atoms in total. The second kappa shape index (κ2) is 13.8. The minimum Gasteiger partial charge on any atom is -0.375 e. The molecule has 0 fully saturated rings. The molecule has 1 atom stereocenters. The van der Waals surface area contributed by atoms with Crippen LogP contribution < -0.4 is 11.1 Å². The molecule has 180 valence electrons. The third-order valence-electron chi connectivity index (χ3n) is 5.39. The van der Waals surface area contributed by atoms with E-state index in [0.29, 0.717) is 44.0 Å². The number of hydrogen-bond acceptors (Lipinski definition) is 4. The van der Waals surface area contributed by atoms with Gasteiger partial charge in [-0.05, 0) is 61.1 Å². The molecule has 0 saturated carbocycles. The van der Waals surface area contributed by atoms with Crippen molar-refractivity contribution in [3.63, 3.8) is 0 Å². The quantitative estimate of drug-likeness (QED) is 0.478. The van der Waals surface area contributed by atoms with Crippen LogP contribution in [0.1, 0.15) is 71.0 Å². The first-order valence-electron chi connectivity index (χ1n) is 12.0. The minimum absolute atomic E-state index is 0.0336. The lowest BCUT2D eigenvalue weighted by atomic mass is 10.0. The van der Waals surface area contributed by atoms with Crippen molar-refractivity contribution in [2.45, 2.75) is 59.6 Å². The summed E-state index contributed by atoms with van der Waals surface area (Å²) in [4.78, 5) is 27.5. The number of nitrogens with one attached hydrogen (secondary N) is 1. The molecule has 2 aromatic carbocycles. The largest absolute Gasteiger partial charge is 0.375 e. The van der Waals surface area contributed by atoms with E-state index in [1.54, 1.807) is 12.1 Å². The predicted octanol–water partition coefficient (Wildman–Crippen LogP) is 4.09. The number of ether oxygens (including phenoxy) is 1. The lowest BCUT2D eigenvalue weighted by molar-refractivity contribution is 0.0755. The molecule has 0 aliphatic rings. The van der Waals surface area contributed by atoms with E-state index in [9.17, 15) is 9.59 Å². The Kier molecular flexibility index (Phi) is 11.1. The lowest BCUT2D eigenvalue weighted by Crippen LogP contribution is -2.40. The van der Waals surface area contributed by atoms with E-state index in [4.69, 9.17) is 10.5 Å². The highest BCUT2D eigenvalue weighted by molar-refractivity contribution is 6.00. The number of benzene rings is 2. The van der Waals surface area contributed by atoms with Crippen LogP contribution in [-0.2, 0) is 17.8 Å². The maximum atomic E-state index is 13.0. The van der Waals surface area contributed by atoms with Crippen LogP contribution in [0.4, 0.5) is 0 Å². The summed E-state index contributed by atoms with van der Waals surface area (Å²) >= 11 is 0. The Morgan fingerprint density at radius 3 is 2.33 bits per heavy atom. The normalized spacial score (nSPS) is 11.8. The van der Waals surface area contributed by atoms with Crippen molar-refractivity contribution in [1.82, 2.24) is 10.2 Å². The highest BCUT2D eigenvalue weighted by Crippen LogP contribution is 2.14. The molecule has 3 N–H and O–H groups in total. The third kappa shape index (κ3) is 8.63. The molecule has 6 heteroatoms. The van der Waals surface area contributed by atoms with Crippen LogP contribution in [0.3, 0.4) is 0 Å². The van der Waals surface area contributed by atoms with Crippen molar-refractivity contribution in [1.29, 1.82) is 0 Å². The molecule has 0 radical (unpaired) electrons. The minimum atomic E-state index is -0.321. The van der Waals surface area contributed by atoms with Crippen LogP contribution in [0.25, 0.3) is 0 Å². The summed E-state index contributed by atoms with van der Waals surface area (Å²) in [7, 11) is 0. The molecule has 2 rings (SSSR count). The number of nitrogens with zero attached hydrogens (tertiary/aromatic N) is 1. The predicted molar refractivity (Wildman–Crippen MR) is 133 cm³/mol. The maximum absolute atomic E-state index is 13.0. The second-order valence-electron chi connectivity index (χ2n) is 8.54. The smallest absolute Gasteiger partial charge is 0.253 e. The van der Waals surface area contributed by atoms with Crippen molar-refractivity contribution >= 4 is 11.8 Å². The first-order valence-corrected chi connectivity index (χ1v) is 12.0. The fraction of sp³-hybridized carbons (Fsp3) is 0.481. The van der Waals surface area contributed by atoms with Crippen molar-refractivity contribution < 1.29 is 14.3 Å². The van der Waals surface area contributed by atoms with E-state index in [2.05, 4.69) is 38.2 Å². The van der Waals surface area contributed by atoms with Gasteiger partial charge in [0.15, 0.2) is 0 Å². The summed E-state index contributed by atoms with van der Waals surface area (Å²) in [5.41, 5.74) is 10.4. The van der Waals surface area contributed by atoms with Crippen molar-refractivity contribution in [2.24, 2.45) is 5.73 Å². The van der Waals surface area contributed by atoms with Gasteiger partial charge in [0.25, 0.3) is 11.8 Å².